The first-order chi connectivity index (χ1) is 10.5. The van der Waals surface area contributed by atoms with Crippen molar-refractivity contribution < 1.29 is 19.4 Å². The molecule has 2 amide bonds. The van der Waals surface area contributed by atoms with Crippen LogP contribution >= 0.6 is 11.6 Å². The van der Waals surface area contributed by atoms with Crippen LogP contribution in [0.4, 0.5) is 5.69 Å². The van der Waals surface area contributed by atoms with E-state index in [-0.39, 0.29) is 29.4 Å². The number of carbonyl (C=O) groups excluding carboxylic acids is 2. The molecule has 0 saturated carbocycles. The van der Waals surface area contributed by atoms with Crippen LogP contribution in [-0.2, 0) is 9.59 Å². The van der Waals surface area contributed by atoms with Crippen molar-refractivity contribution in [3.05, 3.63) is 34.5 Å². The molecule has 7 nitrogen and oxygen atoms in total. The van der Waals surface area contributed by atoms with Gasteiger partial charge in [0.05, 0.1) is 36.5 Å². The smallest absolute Gasteiger partial charge is 0.277 e. The summed E-state index contributed by atoms with van der Waals surface area (Å²) in [6.45, 7) is -0.412. The predicted octanol–water partition coefficient (Wildman–Crippen LogP) is 0.877. The van der Waals surface area contributed by atoms with E-state index in [2.05, 4.69) is 5.32 Å². The molecule has 0 aliphatic carbocycles. The van der Waals surface area contributed by atoms with Crippen molar-refractivity contribution in [1.82, 2.24) is 4.90 Å². The fraction of sp³-hybridized carbons (Fsp3) is 0.214. The van der Waals surface area contributed by atoms with Crippen LogP contribution in [0.25, 0.3) is 0 Å². The van der Waals surface area contributed by atoms with Crippen LogP contribution in [0.2, 0.25) is 5.02 Å². The number of nitrogens with zero attached hydrogens (tertiary/aromatic N) is 2. The monoisotopic (exact) mass is 321 g/mol. The maximum absolute atomic E-state index is 12.1. The average Bonchev–Trinajstić information content (AvgIpc) is 2.76. The molecule has 1 aromatic rings. The second-order valence-electron chi connectivity index (χ2n) is 4.35. The van der Waals surface area contributed by atoms with Crippen LogP contribution in [0.5, 0.6) is 5.75 Å². The number of anilines is 1. The molecular formula is C14H12ClN3O4. The van der Waals surface area contributed by atoms with Gasteiger partial charge in [-0.3, -0.25) is 14.5 Å². The molecule has 22 heavy (non-hydrogen) atoms. The number of amides is 2. The van der Waals surface area contributed by atoms with Gasteiger partial charge in [0.2, 0.25) is 0 Å². The lowest BCUT2D eigenvalue weighted by Gasteiger charge is -2.14. The Labute approximate surface area is 131 Å². The third-order valence-corrected chi connectivity index (χ3v) is 3.31. The van der Waals surface area contributed by atoms with Crippen LogP contribution in [0.3, 0.4) is 0 Å². The van der Waals surface area contributed by atoms with E-state index >= 15 is 0 Å². The van der Waals surface area contributed by atoms with Gasteiger partial charge in [0.25, 0.3) is 11.8 Å². The van der Waals surface area contributed by atoms with Gasteiger partial charge in [0, 0.05) is 12.1 Å². The highest BCUT2D eigenvalue weighted by molar-refractivity contribution is 6.32. The molecule has 1 aliphatic heterocycles. The van der Waals surface area contributed by atoms with Crippen LogP contribution < -0.4 is 10.1 Å². The third kappa shape index (κ3) is 2.88. The fourth-order valence-corrected chi connectivity index (χ4v) is 2.20. The lowest BCUT2D eigenvalue weighted by molar-refractivity contribution is -0.137. The van der Waals surface area contributed by atoms with Gasteiger partial charge < -0.3 is 15.2 Å². The molecule has 0 unspecified atom stereocenters. The summed E-state index contributed by atoms with van der Waals surface area (Å²) in [5.41, 5.74) is 0.508. The highest BCUT2D eigenvalue weighted by Gasteiger charge is 2.31. The Morgan fingerprint density at radius 3 is 2.77 bits per heavy atom. The molecule has 0 fully saturated rings. The first-order valence-electron chi connectivity index (χ1n) is 6.24. The minimum atomic E-state index is -0.572. The summed E-state index contributed by atoms with van der Waals surface area (Å²) in [4.78, 5) is 24.6. The van der Waals surface area contributed by atoms with Crippen LogP contribution in [-0.4, -0.2) is 42.1 Å². The maximum Gasteiger partial charge on any atom is 0.277 e. The van der Waals surface area contributed by atoms with E-state index in [0.717, 1.165) is 11.0 Å². The first-order valence-corrected chi connectivity index (χ1v) is 6.62. The number of ether oxygens (including phenoxy) is 1. The van der Waals surface area contributed by atoms with Crippen molar-refractivity contribution in [3.63, 3.8) is 0 Å². The molecule has 0 bridgehead atoms. The summed E-state index contributed by atoms with van der Waals surface area (Å²) in [5.74, 6) is -0.773. The lowest BCUT2D eigenvalue weighted by atomic mass is 10.1. The van der Waals surface area contributed by atoms with Gasteiger partial charge >= 0.3 is 0 Å². The molecular weight excluding hydrogens is 310 g/mol. The Kier molecular flexibility index (Phi) is 4.65. The summed E-state index contributed by atoms with van der Waals surface area (Å²) in [7, 11) is 1.42. The summed E-state index contributed by atoms with van der Waals surface area (Å²) >= 11 is 5.94. The van der Waals surface area contributed by atoms with Crippen molar-refractivity contribution in [1.29, 1.82) is 5.26 Å². The molecule has 0 radical (unpaired) electrons. The zero-order valence-corrected chi connectivity index (χ0v) is 12.3. The standard InChI is InChI=1S/C14H12ClN3O4/c1-22-12-5-10(8(7-16)4-9(12)15)17-11-6-13(20)18(2-3-19)14(11)21/h4-6,17,19H,2-3H2,1H3. The van der Waals surface area contributed by atoms with Crippen LogP contribution in [0.15, 0.2) is 23.9 Å². The van der Waals surface area contributed by atoms with E-state index < -0.39 is 11.8 Å². The zero-order chi connectivity index (χ0) is 16.3. The van der Waals surface area contributed by atoms with E-state index in [0.29, 0.717) is 11.4 Å². The normalized spacial score (nSPS) is 13.9. The third-order valence-electron chi connectivity index (χ3n) is 3.01. The number of hydrogen-bond acceptors (Lipinski definition) is 6. The lowest BCUT2D eigenvalue weighted by Crippen LogP contribution is -2.34. The van der Waals surface area contributed by atoms with Crippen molar-refractivity contribution in [3.8, 4) is 11.8 Å². The molecule has 2 N–H and O–H groups in total. The Hall–Kier alpha value is -2.56. The Morgan fingerprint density at radius 1 is 1.45 bits per heavy atom. The molecule has 0 saturated heterocycles. The molecule has 2 rings (SSSR count). The molecule has 1 aliphatic rings. The molecule has 8 heteroatoms. The zero-order valence-electron chi connectivity index (χ0n) is 11.6. The largest absolute Gasteiger partial charge is 0.495 e. The van der Waals surface area contributed by atoms with E-state index in [4.69, 9.17) is 26.7 Å². The number of methoxy groups -OCH3 is 1. The Balaban J connectivity index is 2.32. The number of rotatable bonds is 5. The summed E-state index contributed by atoms with van der Waals surface area (Å²) < 4.78 is 5.06. The van der Waals surface area contributed by atoms with E-state index in [9.17, 15) is 9.59 Å². The van der Waals surface area contributed by atoms with Gasteiger partial charge in [-0.15, -0.1) is 0 Å². The van der Waals surface area contributed by atoms with Crippen molar-refractivity contribution in [2.75, 3.05) is 25.6 Å². The number of β-amino-alcohol motifs (C(OH)–C–C–N with tert-alkyl or cyclic N) is 1. The highest BCUT2D eigenvalue weighted by Crippen LogP contribution is 2.32. The number of nitriles is 1. The predicted molar refractivity (Wildman–Crippen MR) is 78.2 cm³/mol. The number of hydrogen-bond donors (Lipinski definition) is 2. The van der Waals surface area contributed by atoms with Crippen molar-refractivity contribution >= 4 is 29.1 Å². The van der Waals surface area contributed by atoms with Gasteiger partial charge in [0.1, 0.15) is 17.5 Å². The van der Waals surface area contributed by atoms with Crippen molar-refractivity contribution in [2.24, 2.45) is 0 Å². The molecule has 1 aromatic carbocycles. The SMILES string of the molecule is COc1cc(NC2=CC(=O)N(CCO)C2=O)c(C#N)cc1Cl. The number of aliphatic hydroxyl groups is 1. The topological polar surface area (TPSA) is 103 Å². The molecule has 0 atom stereocenters. The minimum Gasteiger partial charge on any atom is -0.495 e. The number of aliphatic hydroxyl groups excluding tert-OH is 1. The van der Waals surface area contributed by atoms with E-state index in [1.54, 1.807) is 0 Å². The van der Waals surface area contributed by atoms with Gasteiger partial charge in [0.15, 0.2) is 0 Å². The highest BCUT2D eigenvalue weighted by atomic mass is 35.5. The van der Waals surface area contributed by atoms with Gasteiger partial charge in [-0.25, -0.2) is 0 Å². The van der Waals surface area contributed by atoms with E-state index in [1.165, 1.54) is 19.2 Å². The van der Waals surface area contributed by atoms with Crippen molar-refractivity contribution in [2.45, 2.75) is 0 Å². The van der Waals surface area contributed by atoms with E-state index in [1.807, 2.05) is 6.07 Å². The number of carbonyl (C=O) groups is 2. The first kappa shape index (κ1) is 15.8. The number of imide groups is 1. The second-order valence-corrected chi connectivity index (χ2v) is 4.75. The second kappa shape index (κ2) is 6.47. The van der Waals surface area contributed by atoms with Gasteiger partial charge in [-0.1, -0.05) is 11.6 Å². The quantitative estimate of drug-likeness (QED) is 0.780. The number of halogens is 1. The Morgan fingerprint density at radius 2 is 2.18 bits per heavy atom. The summed E-state index contributed by atoms with van der Waals surface area (Å²) in [6.07, 6.45) is 1.11. The molecule has 0 spiro atoms. The minimum absolute atomic E-state index is 0.0133. The van der Waals surface area contributed by atoms with Gasteiger partial charge in [-0.2, -0.15) is 5.26 Å². The molecule has 1 heterocycles. The van der Waals surface area contributed by atoms with Gasteiger partial charge in [-0.05, 0) is 6.07 Å². The average molecular weight is 322 g/mol. The number of benzene rings is 1. The maximum atomic E-state index is 12.1. The Bertz CT molecular complexity index is 709. The molecule has 0 aromatic heterocycles. The summed E-state index contributed by atoms with van der Waals surface area (Å²) in [6, 6.07) is 4.81. The molecule has 114 valence electrons. The number of nitrogens with one attached hydrogen (secondary N) is 1. The van der Waals surface area contributed by atoms with Crippen LogP contribution in [0.1, 0.15) is 5.56 Å². The fourth-order valence-electron chi connectivity index (χ4n) is 1.96. The van der Waals surface area contributed by atoms with Crippen LogP contribution in [0, 0.1) is 11.3 Å². The summed E-state index contributed by atoms with van der Waals surface area (Å²) in [5, 5.41) is 21.0.